The lowest BCUT2D eigenvalue weighted by Crippen LogP contribution is -2.02. The normalized spacial score (nSPS) is 11.8. The van der Waals surface area contributed by atoms with Crippen LogP contribution in [0.4, 0.5) is 0 Å². The zero-order chi connectivity index (χ0) is 14.7. The molecule has 0 bridgehead atoms. The molecule has 3 heteroatoms. The van der Waals surface area contributed by atoms with Crippen LogP contribution in [0.3, 0.4) is 0 Å². The molecule has 1 heterocycles. The largest absolute Gasteiger partial charge is 0.249 e. The van der Waals surface area contributed by atoms with Gasteiger partial charge >= 0.3 is 0 Å². The molecule has 0 saturated carbocycles. The lowest BCUT2D eigenvalue weighted by Gasteiger charge is -2.11. The summed E-state index contributed by atoms with van der Waals surface area (Å²) in [5, 5.41) is 0.624. The highest BCUT2D eigenvalue weighted by Crippen LogP contribution is 2.23. The average Bonchev–Trinajstić information content (AvgIpc) is 2.43. The van der Waals surface area contributed by atoms with E-state index in [2.05, 4.69) is 52.8 Å². The van der Waals surface area contributed by atoms with Crippen molar-refractivity contribution in [1.29, 1.82) is 0 Å². The van der Waals surface area contributed by atoms with Crippen molar-refractivity contribution in [3.8, 4) is 0 Å². The van der Waals surface area contributed by atoms with Crippen LogP contribution in [-0.4, -0.2) is 15.2 Å². The van der Waals surface area contributed by atoms with Crippen LogP contribution in [0, 0.1) is 0 Å². The van der Waals surface area contributed by atoms with Crippen LogP contribution >= 0.6 is 11.8 Å². The van der Waals surface area contributed by atoms with E-state index in [9.17, 15) is 0 Å². The zero-order valence-corrected chi connectivity index (χ0v) is 13.9. The zero-order valence-electron chi connectivity index (χ0n) is 13.1. The molecule has 0 aliphatic rings. The van der Waals surface area contributed by atoms with Gasteiger partial charge in [0.1, 0.15) is 0 Å². The van der Waals surface area contributed by atoms with Crippen LogP contribution in [0.5, 0.6) is 0 Å². The topological polar surface area (TPSA) is 25.8 Å². The minimum absolute atomic E-state index is 0.528. The van der Waals surface area contributed by atoms with Gasteiger partial charge in [0, 0.05) is 5.75 Å². The van der Waals surface area contributed by atoms with Crippen LogP contribution in [0.2, 0.25) is 0 Å². The molecule has 0 atom stereocenters. The van der Waals surface area contributed by atoms with Crippen molar-refractivity contribution in [2.75, 3.05) is 0 Å². The first kappa shape index (κ1) is 15.3. The Bertz CT molecular complexity index is 591. The minimum atomic E-state index is 0.528. The van der Waals surface area contributed by atoms with E-state index in [1.165, 1.54) is 5.56 Å². The van der Waals surface area contributed by atoms with E-state index in [-0.39, 0.29) is 0 Å². The number of hydrogen-bond acceptors (Lipinski definition) is 3. The number of rotatable bonds is 5. The number of aryl methyl sites for hydroxylation is 1. The second kappa shape index (κ2) is 6.57. The molecule has 0 saturated heterocycles. The van der Waals surface area contributed by atoms with Crippen LogP contribution in [0.15, 0.2) is 18.2 Å². The maximum Gasteiger partial charge on any atom is 0.0893 e. The maximum absolute atomic E-state index is 4.88. The molecule has 0 N–H and O–H groups in total. The van der Waals surface area contributed by atoms with Gasteiger partial charge in [0.25, 0.3) is 0 Å². The lowest BCUT2D eigenvalue weighted by atomic mass is 10.0. The number of fused-ring (bicyclic) bond motifs is 1. The van der Waals surface area contributed by atoms with E-state index in [1.54, 1.807) is 0 Å². The smallest absolute Gasteiger partial charge is 0.0893 e. The van der Waals surface area contributed by atoms with Crippen LogP contribution in [-0.2, 0) is 12.2 Å². The van der Waals surface area contributed by atoms with Gasteiger partial charge in [-0.1, -0.05) is 40.7 Å². The second-order valence-electron chi connectivity index (χ2n) is 5.73. The Morgan fingerprint density at radius 2 is 1.70 bits per heavy atom. The quantitative estimate of drug-likeness (QED) is 0.778. The van der Waals surface area contributed by atoms with Crippen molar-refractivity contribution in [2.24, 2.45) is 0 Å². The Kier molecular flexibility index (Phi) is 5.03. The summed E-state index contributed by atoms with van der Waals surface area (Å²) >= 11 is 1.93. The standard InChI is InChI=1S/C17H24N2S/c1-6-14-17(10-20-12(4)5)19-16-9-13(11(2)3)7-8-15(16)18-14/h7-9,11-12H,6,10H2,1-5H3. The van der Waals surface area contributed by atoms with Gasteiger partial charge in [-0.2, -0.15) is 11.8 Å². The molecular formula is C17H24N2S. The summed E-state index contributed by atoms with van der Waals surface area (Å²) in [5.41, 5.74) is 5.68. The van der Waals surface area contributed by atoms with E-state index in [4.69, 9.17) is 9.97 Å². The molecule has 0 spiro atoms. The molecule has 20 heavy (non-hydrogen) atoms. The Balaban J connectivity index is 2.44. The fraction of sp³-hybridized carbons (Fsp3) is 0.529. The fourth-order valence-corrected chi connectivity index (χ4v) is 2.87. The summed E-state index contributed by atoms with van der Waals surface area (Å²) in [6.07, 6.45) is 0.947. The Hall–Kier alpha value is -1.09. The Morgan fingerprint density at radius 3 is 2.30 bits per heavy atom. The molecule has 1 aromatic heterocycles. The minimum Gasteiger partial charge on any atom is -0.249 e. The van der Waals surface area contributed by atoms with Crippen LogP contribution < -0.4 is 0 Å². The van der Waals surface area contributed by atoms with Gasteiger partial charge in [-0.15, -0.1) is 0 Å². The van der Waals surface area contributed by atoms with Crippen molar-refractivity contribution < 1.29 is 0 Å². The third-order valence-electron chi connectivity index (χ3n) is 3.40. The highest BCUT2D eigenvalue weighted by Gasteiger charge is 2.10. The molecule has 0 fully saturated rings. The average molecular weight is 288 g/mol. The van der Waals surface area contributed by atoms with Gasteiger partial charge in [-0.3, -0.25) is 0 Å². The van der Waals surface area contributed by atoms with E-state index in [1.807, 2.05) is 11.8 Å². The van der Waals surface area contributed by atoms with Crippen molar-refractivity contribution in [3.63, 3.8) is 0 Å². The van der Waals surface area contributed by atoms with E-state index in [0.29, 0.717) is 11.2 Å². The molecule has 2 nitrogen and oxygen atoms in total. The second-order valence-corrected chi connectivity index (χ2v) is 7.30. The summed E-state index contributed by atoms with van der Waals surface area (Å²) in [6.45, 7) is 11.0. The molecule has 0 radical (unpaired) electrons. The molecular weight excluding hydrogens is 264 g/mol. The molecule has 2 rings (SSSR count). The first-order valence-electron chi connectivity index (χ1n) is 7.42. The van der Waals surface area contributed by atoms with Crippen molar-refractivity contribution in [2.45, 2.75) is 58.0 Å². The van der Waals surface area contributed by atoms with Gasteiger partial charge in [-0.25, -0.2) is 9.97 Å². The van der Waals surface area contributed by atoms with Gasteiger partial charge < -0.3 is 0 Å². The monoisotopic (exact) mass is 288 g/mol. The first-order chi connectivity index (χ1) is 9.51. The Labute approximate surface area is 126 Å². The van der Waals surface area contributed by atoms with E-state index in [0.717, 1.165) is 34.6 Å². The summed E-state index contributed by atoms with van der Waals surface area (Å²) < 4.78 is 0. The SMILES string of the molecule is CCc1nc2ccc(C(C)C)cc2nc1CSC(C)C. The summed E-state index contributed by atoms with van der Waals surface area (Å²) in [4.78, 5) is 9.67. The van der Waals surface area contributed by atoms with E-state index >= 15 is 0 Å². The van der Waals surface area contributed by atoms with E-state index < -0.39 is 0 Å². The molecule has 108 valence electrons. The maximum atomic E-state index is 4.88. The Morgan fingerprint density at radius 1 is 1.00 bits per heavy atom. The number of thioether (sulfide) groups is 1. The van der Waals surface area contributed by atoms with Crippen LogP contribution in [0.1, 0.15) is 57.5 Å². The summed E-state index contributed by atoms with van der Waals surface area (Å²) in [5.74, 6) is 1.48. The van der Waals surface area contributed by atoms with Gasteiger partial charge in [-0.05, 0) is 35.3 Å². The van der Waals surface area contributed by atoms with Gasteiger partial charge in [0.15, 0.2) is 0 Å². The molecule has 0 aliphatic heterocycles. The summed E-state index contributed by atoms with van der Waals surface area (Å²) in [7, 11) is 0. The van der Waals surface area contributed by atoms with Crippen molar-refractivity contribution in [1.82, 2.24) is 9.97 Å². The van der Waals surface area contributed by atoms with Crippen LogP contribution in [0.25, 0.3) is 11.0 Å². The molecule has 1 aromatic carbocycles. The highest BCUT2D eigenvalue weighted by molar-refractivity contribution is 7.99. The first-order valence-corrected chi connectivity index (χ1v) is 8.47. The van der Waals surface area contributed by atoms with Gasteiger partial charge in [0.05, 0.1) is 22.4 Å². The summed E-state index contributed by atoms with van der Waals surface area (Å²) in [6, 6.07) is 6.47. The van der Waals surface area contributed by atoms with Crippen molar-refractivity contribution in [3.05, 3.63) is 35.2 Å². The number of aromatic nitrogens is 2. The highest BCUT2D eigenvalue weighted by atomic mass is 32.2. The number of hydrogen-bond donors (Lipinski definition) is 0. The molecule has 0 unspecified atom stereocenters. The van der Waals surface area contributed by atoms with Crippen molar-refractivity contribution >= 4 is 22.8 Å². The number of benzene rings is 1. The van der Waals surface area contributed by atoms with Gasteiger partial charge in [0.2, 0.25) is 0 Å². The molecule has 2 aromatic rings. The third kappa shape index (κ3) is 3.51. The predicted octanol–water partition coefficient (Wildman–Crippen LogP) is 4.96. The fourth-order valence-electron chi connectivity index (χ4n) is 2.15. The lowest BCUT2D eigenvalue weighted by molar-refractivity contribution is 0.867. The molecule has 0 amide bonds. The predicted molar refractivity (Wildman–Crippen MR) is 89.4 cm³/mol. The number of nitrogens with zero attached hydrogens (tertiary/aromatic N) is 2. The third-order valence-corrected chi connectivity index (χ3v) is 4.51. The molecule has 0 aliphatic carbocycles.